The van der Waals surface area contributed by atoms with Crippen LogP contribution in [0, 0.1) is 0 Å². The van der Waals surface area contributed by atoms with Crippen LogP contribution in [0.15, 0.2) is 29.4 Å². The number of amides is 2. The standard InChI is InChI=1S/C12H13N3O2/c13-11(16)7-8-1-3-9(4-2-8)10-5-6-12(17)15-14-10/h1-4H,5-7H2,(H2,13,16)(H,15,17). The lowest BCUT2D eigenvalue weighted by atomic mass is 10.0. The van der Waals surface area contributed by atoms with Gasteiger partial charge in [-0.1, -0.05) is 24.3 Å². The molecule has 0 aliphatic carbocycles. The second-order valence-electron chi connectivity index (χ2n) is 3.93. The zero-order valence-corrected chi connectivity index (χ0v) is 9.27. The molecule has 1 aliphatic rings. The number of primary amides is 1. The van der Waals surface area contributed by atoms with E-state index in [1.165, 1.54) is 0 Å². The molecule has 2 amide bonds. The average molecular weight is 231 g/mol. The van der Waals surface area contributed by atoms with E-state index in [1.54, 1.807) is 0 Å². The van der Waals surface area contributed by atoms with Crippen LogP contribution in [0.4, 0.5) is 0 Å². The molecule has 5 nitrogen and oxygen atoms in total. The van der Waals surface area contributed by atoms with E-state index in [4.69, 9.17) is 5.73 Å². The highest BCUT2D eigenvalue weighted by atomic mass is 16.2. The van der Waals surface area contributed by atoms with Crippen molar-refractivity contribution in [3.63, 3.8) is 0 Å². The number of rotatable bonds is 3. The van der Waals surface area contributed by atoms with Crippen LogP contribution >= 0.6 is 0 Å². The number of nitrogens with one attached hydrogen (secondary N) is 1. The third-order valence-electron chi connectivity index (χ3n) is 2.57. The highest BCUT2D eigenvalue weighted by molar-refractivity contribution is 6.04. The Hall–Kier alpha value is -2.17. The van der Waals surface area contributed by atoms with Crippen molar-refractivity contribution in [2.45, 2.75) is 19.3 Å². The maximum atomic E-state index is 10.9. The van der Waals surface area contributed by atoms with E-state index in [2.05, 4.69) is 10.5 Å². The fraction of sp³-hybridized carbons (Fsp3) is 0.250. The molecule has 5 heteroatoms. The van der Waals surface area contributed by atoms with Gasteiger partial charge in [-0.15, -0.1) is 0 Å². The van der Waals surface area contributed by atoms with Gasteiger partial charge in [-0.3, -0.25) is 9.59 Å². The van der Waals surface area contributed by atoms with Gasteiger partial charge in [0.25, 0.3) is 0 Å². The lowest BCUT2D eigenvalue weighted by Crippen LogP contribution is -2.25. The van der Waals surface area contributed by atoms with Crippen molar-refractivity contribution in [1.29, 1.82) is 0 Å². The molecular formula is C12H13N3O2. The first kappa shape index (κ1) is 11.3. The van der Waals surface area contributed by atoms with Crippen molar-refractivity contribution in [2.75, 3.05) is 0 Å². The topological polar surface area (TPSA) is 84.6 Å². The molecule has 0 unspecified atom stereocenters. The number of hydrogen-bond acceptors (Lipinski definition) is 3. The molecule has 0 saturated heterocycles. The Kier molecular flexibility index (Phi) is 3.18. The predicted molar refractivity (Wildman–Crippen MR) is 63.3 cm³/mol. The molecule has 0 radical (unpaired) electrons. The van der Waals surface area contributed by atoms with Crippen LogP contribution in [0.5, 0.6) is 0 Å². The number of hydrogen-bond donors (Lipinski definition) is 2. The summed E-state index contributed by atoms with van der Waals surface area (Å²) in [4.78, 5) is 21.7. The maximum absolute atomic E-state index is 10.9. The lowest BCUT2D eigenvalue weighted by molar-refractivity contribution is -0.121. The van der Waals surface area contributed by atoms with Crippen LogP contribution in [0.2, 0.25) is 0 Å². The van der Waals surface area contributed by atoms with Crippen molar-refractivity contribution < 1.29 is 9.59 Å². The number of benzene rings is 1. The van der Waals surface area contributed by atoms with Gasteiger partial charge in [0, 0.05) is 12.8 Å². The van der Waals surface area contributed by atoms with Gasteiger partial charge in [-0.25, -0.2) is 5.43 Å². The second kappa shape index (κ2) is 4.78. The number of nitrogens with two attached hydrogens (primary N) is 1. The summed E-state index contributed by atoms with van der Waals surface area (Å²) in [7, 11) is 0. The molecule has 0 atom stereocenters. The largest absolute Gasteiger partial charge is 0.369 e. The summed E-state index contributed by atoms with van der Waals surface area (Å²) in [6.45, 7) is 0. The number of nitrogens with zero attached hydrogens (tertiary/aromatic N) is 1. The molecular weight excluding hydrogens is 218 g/mol. The van der Waals surface area contributed by atoms with Crippen LogP contribution in [0.3, 0.4) is 0 Å². The normalized spacial score (nSPS) is 15.1. The summed E-state index contributed by atoms with van der Waals surface area (Å²) in [6, 6.07) is 7.46. The lowest BCUT2D eigenvalue weighted by Gasteiger charge is -2.12. The van der Waals surface area contributed by atoms with E-state index >= 15 is 0 Å². The van der Waals surface area contributed by atoms with Crippen LogP contribution in [0.1, 0.15) is 24.0 Å². The van der Waals surface area contributed by atoms with E-state index in [1.807, 2.05) is 24.3 Å². The Balaban J connectivity index is 2.12. The Morgan fingerprint density at radius 2 is 2.00 bits per heavy atom. The summed E-state index contributed by atoms with van der Waals surface area (Å²) in [5.41, 5.74) is 10.3. The molecule has 0 fully saturated rings. The van der Waals surface area contributed by atoms with Crippen molar-refractivity contribution in [2.24, 2.45) is 10.8 Å². The fourth-order valence-corrected chi connectivity index (χ4v) is 1.70. The van der Waals surface area contributed by atoms with Crippen molar-refractivity contribution in [3.05, 3.63) is 35.4 Å². The minimum Gasteiger partial charge on any atom is -0.369 e. The quantitative estimate of drug-likeness (QED) is 0.785. The van der Waals surface area contributed by atoms with Crippen LogP contribution < -0.4 is 11.2 Å². The van der Waals surface area contributed by atoms with Crippen molar-refractivity contribution in [1.82, 2.24) is 5.43 Å². The molecule has 0 saturated carbocycles. The first-order valence-corrected chi connectivity index (χ1v) is 5.38. The maximum Gasteiger partial charge on any atom is 0.240 e. The zero-order chi connectivity index (χ0) is 12.3. The molecule has 0 spiro atoms. The summed E-state index contributed by atoms with van der Waals surface area (Å²) < 4.78 is 0. The highest BCUT2D eigenvalue weighted by Crippen LogP contribution is 2.11. The Morgan fingerprint density at radius 3 is 2.53 bits per heavy atom. The van der Waals surface area contributed by atoms with E-state index in [0.717, 1.165) is 16.8 Å². The molecule has 0 bridgehead atoms. The number of carbonyl (C=O) groups excluding carboxylic acids is 2. The zero-order valence-electron chi connectivity index (χ0n) is 9.27. The second-order valence-corrected chi connectivity index (χ2v) is 3.93. The van der Waals surface area contributed by atoms with Crippen LogP contribution in [0.25, 0.3) is 0 Å². The van der Waals surface area contributed by atoms with Gasteiger partial charge in [0.05, 0.1) is 12.1 Å². The molecule has 2 rings (SSSR count). The molecule has 17 heavy (non-hydrogen) atoms. The first-order valence-electron chi connectivity index (χ1n) is 5.38. The van der Waals surface area contributed by atoms with Crippen LogP contribution in [-0.2, 0) is 16.0 Å². The number of hydrazone groups is 1. The highest BCUT2D eigenvalue weighted by Gasteiger charge is 2.12. The van der Waals surface area contributed by atoms with E-state index in [9.17, 15) is 9.59 Å². The summed E-state index contributed by atoms with van der Waals surface area (Å²) in [5.74, 6) is -0.404. The average Bonchev–Trinajstić information content (AvgIpc) is 2.30. The minimum atomic E-state index is -0.347. The number of carbonyl (C=O) groups is 2. The van der Waals surface area contributed by atoms with Crippen molar-refractivity contribution >= 4 is 17.5 Å². The van der Waals surface area contributed by atoms with Gasteiger partial charge in [0.2, 0.25) is 11.8 Å². The van der Waals surface area contributed by atoms with E-state index < -0.39 is 0 Å². The molecule has 1 aliphatic heterocycles. The molecule has 3 N–H and O–H groups in total. The molecule has 1 heterocycles. The molecule has 1 aromatic carbocycles. The van der Waals surface area contributed by atoms with Crippen LogP contribution in [-0.4, -0.2) is 17.5 Å². The monoisotopic (exact) mass is 231 g/mol. The smallest absolute Gasteiger partial charge is 0.240 e. The fourth-order valence-electron chi connectivity index (χ4n) is 1.70. The Labute approximate surface area is 98.7 Å². The van der Waals surface area contributed by atoms with E-state index in [0.29, 0.717) is 12.8 Å². The van der Waals surface area contributed by atoms with E-state index in [-0.39, 0.29) is 18.2 Å². The predicted octanol–water partition coefficient (Wildman–Crippen LogP) is 0.328. The Bertz CT molecular complexity index is 477. The van der Waals surface area contributed by atoms with Gasteiger partial charge >= 0.3 is 0 Å². The van der Waals surface area contributed by atoms with Gasteiger partial charge < -0.3 is 5.73 Å². The SMILES string of the molecule is NC(=O)Cc1ccc(C2=NNC(=O)CC2)cc1. The van der Waals surface area contributed by atoms with Gasteiger partial charge in [0.1, 0.15) is 0 Å². The molecule has 0 aromatic heterocycles. The Morgan fingerprint density at radius 1 is 1.29 bits per heavy atom. The third kappa shape index (κ3) is 2.90. The van der Waals surface area contributed by atoms with Crippen molar-refractivity contribution in [3.8, 4) is 0 Å². The van der Waals surface area contributed by atoms with Gasteiger partial charge in [-0.05, 0) is 11.1 Å². The third-order valence-corrected chi connectivity index (χ3v) is 2.57. The summed E-state index contributed by atoms with van der Waals surface area (Å²) in [5, 5.41) is 4.00. The summed E-state index contributed by atoms with van der Waals surface area (Å²) in [6.07, 6.45) is 1.34. The molecule has 88 valence electrons. The first-order chi connectivity index (χ1) is 8.15. The molecule has 1 aromatic rings. The summed E-state index contributed by atoms with van der Waals surface area (Å²) >= 11 is 0. The minimum absolute atomic E-state index is 0.0564. The van der Waals surface area contributed by atoms with Gasteiger partial charge in [-0.2, -0.15) is 5.10 Å². The van der Waals surface area contributed by atoms with Gasteiger partial charge in [0.15, 0.2) is 0 Å².